The van der Waals surface area contributed by atoms with E-state index < -0.39 is 5.97 Å². The maximum Gasteiger partial charge on any atom is 0.347 e. The van der Waals surface area contributed by atoms with E-state index in [-0.39, 0.29) is 4.88 Å². The molecule has 12 heavy (non-hydrogen) atoms. The van der Waals surface area contributed by atoms with E-state index in [4.69, 9.17) is 16.7 Å². The average Bonchev–Trinajstić information content (AvgIpc) is 2.48. The molecule has 1 rings (SSSR count). The second kappa shape index (κ2) is 4.23. The van der Waals surface area contributed by atoms with Crippen molar-refractivity contribution in [2.24, 2.45) is 0 Å². The Kier molecular flexibility index (Phi) is 3.25. The Hall–Kier alpha value is -0.870. The molecular formula is C7H6ClNO2S. The van der Waals surface area contributed by atoms with Crippen LogP contribution in [-0.4, -0.2) is 21.9 Å². The van der Waals surface area contributed by atoms with Crippen LogP contribution >= 0.6 is 22.9 Å². The zero-order chi connectivity index (χ0) is 8.97. The first-order valence-electron chi connectivity index (χ1n) is 3.15. The van der Waals surface area contributed by atoms with Gasteiger partial charge in [0.05, 0.1) is 6.20 Å². The van der Waals surface area contributed by atoms with Crippen molar-refractivity contribution in [1.29, 1.82) is 0 Å². The number of nitrogens with zero attached hydrogens (tertiary/aromatic N) is 1. The zero-order valence-electron chi connectivity index (χ0n) is 6.03. The van der Waals surface area contributed by atoms with Crippen molar-refractivity contribution in [1.82, 2.24) is 4.98 Å². The first-order chi connectivity index (χ1) is 5.74. The normalized spacial score (nSPS) is 10.8. The summed E-state index contributed by atoms with van der Waals surface area (Å²) in [5.74, 6) is -0.542. The Bertz CT molecular complexity index is 308. The van der Waals surface area contributed by atoms with Crippen LogP contribution < -0.4 is 0 Å². The van der Waals surface area contributed by atoms with Crippen molar-refractivity contribution in [2.45, 2.75) is 0 Å². The maximum atomic E-state index is 10.4. The number of rotatable bonds is 3. The monoisotopic (exact) mass is 203 g/mol. The number of hydrogen-bond donors (Lipinski definition) is 1. The lowest BCUT2D eigenvalue weighted by Gasteiger charge is -1.80. The molecule has 0 aromatic carbocycles. The van der Waals surface area contributed by atoms with Gasteiger partial charge in [0, 0.05) is 5.88 Å². The van der Waals surface area contributed by atoms with Gasteiger partial charge in [-0.3, -0.25) is 0 Å². The van der Waals surface area contributed by atoms with Crippen molar-refractivity contribution in [3.63, 3.8) is 0 Å². The Labute approximate surface area is 78.3 Å². The molecule has 0 bridgehead atoms. The van der Waals surface area contributed by atoms with Crippen molar-refractivity contribution in [3.8, 4) is 0 Å². The van der Waals surface area contributed by atoms with Gasteiger partial charge in [-0.05, 0) is 6.08 Å². The molecule has 0 fully saturated rings. The summed E-state index contributed by atoms with van der Waals surface area (Å²) in [5.41, 5.74) is 0. The topological polar surface area (TPSA) is 50.2 Å². The minimum Gasteiger partial charge on any atom is -0.477 e. The predicted octanol–water partition coefficient (Wildman–Crippen LogP) is 2.09. The highest BCUT2D eigenvalue weighted by molar-refractivity contribution is 7.14. The Morgan fingerprint density at radius 1 is 1.83 bits per heavy atom. The molecule has 0 aliphatic heterocycles. The van der Waals surface area contributed by atoms with Crippen LogP contribution in [0.5, 0.6) is 0 Å². The molecule has 0 aliphatic carbocycles. The molecular weight excluding hydrogens is 198 g/mol. The van der Waals surface area contributed by atoms with Crippen LogP contribution in [0.25, 0.3) is 6.08 Å². The van der Waals surface area contributed by atoms with Gasteiger partial charge < -0.3 is 5.11 Å². The van der Waals surface area contributed by atoms with Gasteiger partial charge in [0.1, 0.15) is 9.88 Å². The van der Waals surface area contributed by atoms with E-state index in [1.54, 1.807) is 12.2 Å². The van der Waals surface area contributed by atoms with Crippen LogP contribution in [0.4, 0.5) is 0 Å². The Morgan fingerprint density at radius 3 is 3.08 bits per heavy atom. The predicted molar refractivity (Wildman–Crippen MR) is 48.8 cm³/mol. The molecule has 64 valence electrons. The second-order valence-corrected chi connectivity index (χ2v) is 3.30. The minimum atomic E-state index is -0.946. The van der Waals surface area contributed by atoms with Crippen molar-refractivity contribution in [2.75, 3.05) is 5.88 Å². The standard InChI is InChI=1S/C7H6ClNO2S/c8-3-1-2-6-9-4-5(12-6)7(10)11/h1-2,4H,3H2,(H,10,11). The number of aromatic carboxylic acids is 1. The molecule has 0 atom stereocenters. The van der Waals surface area contributed by atoms with Crippen molar-refractivity contribution >= 4 is 35.0 Å². The fraction of sp³-hybridized carbons (Fsp3) is 0.143. The van der Waals surface area contributed by atoms with Gasteiger partial charge in [-0.25, -0.2) is 9.78 Å². The maximum absolute atomic E-state index is 10.4. The van der Waals surface area contributed by atoms with Crippen LogP contribution in [0.3, 0.4) is 0 Å². The molecule has 1 N–H and O–H groups in total. The summed E-state index contributed by atoms with van der Waals surface area (Å²) in [7, 11) is 0. The summed E-state index contributed by atoms with van der Waals surface area (Å²) in [4.78, 5) is 14.5. The van der Waals surface area contributed by atoms with Crippen LogP contribution in [0.15, 0.2) is 12.3 Å². The highest BCUT2D eigenvalue weighted by atomic mass is 35.5. The van der Waals surface area contributed by atoms with Gasteiger partial charge >= 0.3 is 5.97 Å². The number of carboxylic acid groups (broad SMARTS) is 1. The van der Waals surface area contributed by atoms with E-state index in [1.807, 2.05) is 0 Å². The molecule has 0 spiro atoms. The quantitative estimate of drug-likeness (QED) is 0.766. The summed E-state index contributed by atoms with van der Waals surface area (Å²) >= 11 is 6.52. The van der Waals surface area contributed by atoms with Gasteiger partial charge in [0.2, 0.25) is 0 Å². The van der Waals surface area contributed by atoms with E-state index in [0.717, 1.165) is 11.3 Å². The number of halogens is 1. The largest absolute Gasteiger partial charge is 0.477 e. The number of aromatic nitrogens is 1. The molecule has 0 saturated heterocycles. The molecule has 0 radical (unpaired) electrons. The van der Waals surface area contributed by atoms with Crippen LogP contribution in [0.1, 0.15) is 14.7 Å². The lowest BCUT2D eigenvalue weighted by Crippen LogP contribution is -1.89. The highest BCUT2D eigenvalue weighted by Gasteiger charge is 2.05. The van der Waals surface area contributed by atoms with Crippen molar-refractivity contribution in [3.05, 3.63) is 22.2 Å². The third-order valence-corrected chi connectivity index (χ3v) is 2.21. The Balaban J connectivity index is 2.77. The number of thiazole rings is 1. The minimum absolute atomic E-state index is 0.240. The van der Waals surface area contributed by atoms with E-state index in [1.165, 1.54) is 6.20 Å². The molecule has 0 amide bonds. The second-order valence-electron chi connectivity index (χ2n) is 1.92. The van der Waals surface area contributed by atoms with Gasteiger partial charge in [-0.15, -0.1) is 22.9 Å². The third-order valence-electron chi connectivity index (χ3n) is 1.08. The molecule has 1 aromatic heterocycles. The number of hydrogen-bond acceptors (Lipinski definition) is 3. The lowest BCUT2D eigenvalue weighted by molar-refractivity contribution is 0.0702. The summed E-state index contributed by atoms with van der Waals surface area (Å²) in [6.07, 6.45) is 4.75. The molecule has 0 saturated carbocycles. The molecule has 0 unspecified atom stereocenters. The van der Waals surface area contributed by atoms with Crippen LogP contribution in [0, 0.1) is 0 Å². The Morgan fingerprint density at radius 2 is 2.58 bits per heavy atom. The summed E-state index contributed by atoms with van der Waals surface area (Å²) in [5, 5.41) is 9.20. The molecule has 0 aliphatic rings. The van der Waals surface area contributed by atoms with Gasteiger partial charge in [-0.2, -0.15) is 0 Å². The lowest BCUT2D eigenvalue weighted by atomic mass is 10.5. The smallest absolute Gasteiger partial charge is 0.347 e. The number of carbonyl (C=O) groups is 1. The SMILES string of the molecule is O=C(O)c1cnc(C=CCCl)s1. The van der Waals surface area contributed by atoms with Crippen molar-refractivity contribution < 1.29 is 9.90 Å². The average molecular weight is 204 g/mol. The first kappa shape index (κ1) is 9.22. The summed E-state index contributed by atoms with van der Waals surface area (Å²) < 4.78 is 0. The van der Waals surface area contributed by atoms with Crippen LogP contribution in [-0.2, 0) is 0 Å². The van der Waals surface area contributed by atoms with Gasteiger partial charge in [0.25, 0.3) is 0 Å². The molecule has 3 nitrogen and oxygen atoms in total. The summed E-state index contributed by atoms with van der Waals surface area (Å²) in [6.45, 7) is 0. The first-order valence-corrected chi connectivity index (χ1v) is 4.50. The molecule has 1 aromatic rings. The van der Waals surface area contributed by atoms with E-state index in [9.17, 15) is 4.79 Å². The van der Waals surface area contributed by atoms with E-state index in [0.29, 0.717) is 10.9 Å². The fourth-order valence-corrected chi connectivity index (χ4v) is 1.39. The zero-order valence-corrected chi connectivity index (χ0v) is 7.60. The number of alkyl halides is 1. The fourth-order valence-electron chi connectivity index (χ4n) is 0.609. The highest BCUT2D eigenvalue weighted by Crippen LogP contribution is 2.13. The molecule has 1 heterocycles. The molecule has 5 heteroatoms. The number of allylic oxidation sites excluding steroid dienone is 1. The van der Waals surface area contributed by atoms with Gasteiger partial charge in [-0.1, -0.05) is 6.08 Å². The number of carboxylic acids is 1. The summed E-state index contributed by atoms with van der Waals surface area (Å²) in [6, 6.07) is 0. The van der Waals surface area contributed by atoms with Gasteiger partial charge in [0.15, 0.2) is 0 Å². The van der Waals surface area contributed by atoms with E-state index >= 15 is 0 Å². The van der Waals surface area contributed by atoms with E-state index in [2.05, 4.69) is 4.98 Å². The third kappa shape index (κ3) is 2.32. The van der Waals surface area contributed by atoms with Crippen LogP contribution in [0.2, 0.25) is 0 Å².